The molecule has 24 heavy (non-hydrogen) atoms. The maximum atomic E-state index is 11.9. The molecule has 0 radical (unpaired) electrons. The minimum atomic E-state index is -0.251. The van der Waals surface area contributed by atoms with Crippen LogP contribution in [0.1, 0.15) is 78.1 Å². The summed E-state index contributed by atoms with van der Waals surface area (Å²) in [5, 5.41) is 0. The van der Waals surface area contributed by atoms with E-state index in [0.717, 1.165) is 70.8 Å². The van der Waals surface area contributed by atoms with Crippen molar-refractivity contribution in [1.29, 1.82) is 0 Å². The lowest BCUT2D eigenvalue weighted by Gasteiger charge is -2.21. The normalized spacial score (nSPS) is 11.8. The van der Waals surface area contributed by atoms with Gasteiger partial charge >= 0.3 is 12.1 Å². The highest BCUT2D eigenvalue weighted by Gasteiger charge is 2.19. The molecule has 5 nitrogen and oxygen atoms in total. The molecule has 5 heteroatoms. The number of hydrogen-bond acceptors (Lipinski definition) is 4. The smallest absolute Gasteiger partial charge is 0.409 e. The number of methoxy groups -OCH3 is 2. The first kappa shape index (κ1) is 22.7. The van der Waals surface area contributed by atoms with Gasteiger partial charge in [-0.1, -0.05) is 52.4 Å². The molecule has 0 N–H and O–H groups in total. The van der Waals surface area contributed by atoms with Gasteiger partial charge in [-0.2, -0.15) is 0 Å². The number of esters is 1. The van der Waals surface area contributed by atoms with Crippen molar-refractivity contribution >= 4 is 12.1 Å². The third kappa shape index (κ3) is 10.5. The first-order valence-electron chi connectivity index (χ1n) is 9.51. The third-order valence-corrected chi connectivity index (χ3v) is 4.39. The third-order valence-electron chi connectivity index (χ3n) is 4.39. The summed E-state index contributed by atoms with van der Waals surface area (Å²) < 4.78 is 9.77. The molecule has 0 spiro atoms. The van der Waals surface area contributed by atoms with Crippen molar-refractivity contribution in [1.82, 2.24) is 4.90 Å². The van der Waals surface area contributed by atoms with Gasteiger partial charge in [-0.05, 0) is 25.7 Å². The van der Waals surface area contributed by atoms with Crippen LogP contribution in [0.2, 0.25) is 0 Å². The molecule has 0 aliphatic heterocycles. The number of nitrogens with zero attached hydrogens (tertiary/aromatic N) is 1. The summed E-state index contributed by atoms with van der Waals surface area (Å²) >= 11 is 0. The van der Waals surface area contributed by atoms with Crippen LogP contribution in [0.3, 0.4) is 0 Å². The quantitative estimate of drug-likeness (QED) is 0.336. The second kappa shape index (κ2) is 15.3. The molecular formula is C19H37NO4. The van der Waals surface area contributed by atoms with E-state index >= 15 is 0 Å². The molecular weight excluding hydrogens is 306 g/mol. The zero-order chi connectivity index (χ0) is 18.2. The van der Waals surface area contributed by atoms with E-state index in [1.54, 1.807) is 4.90 Å². The van der Waals surface area contributed by atoms with Gasteiger partial charge < -0.3 is 14.4 Å². The minimum Gasteiger partial charge on any atom is -0.469 e. The number of ether oxygens (including phenoxy) is 2. The van der Waals surface area contributed by atoms with Crippen molar-refractivity contribution in [3.05, 3.63) is 0 Å². The fourth-order valence-corrected chi connectivity index (χ4v) is 2.86. The second-order valence-electron chi connectivity index (χ2n) is 6.38. The number of carbonyl (C=O) groups is 2. The Labute approximate surface area is 148 Å². The Bertz CT molecular complexity index is 301. The van der Waals surface area contributed by atoms with E-state index in [-0.39, 0.29) is 18.0 Å². The van der Waals surface area contributed by atoms with Crippen LogP contribution in [-0.4, -0.2) is 44.3 Å². The van der Waals surface area contributed by atoms with E-state index < -0.39 is 0 Å². The Kier molecular flexibility index (Phi) is 14.5. The van der Waals surface area contributed by atoms with Gasteiger partial charge in [0.05, 0.1) is 20.1 Å². The van der Waals surface area contributed by atoms with E-state index in [2.05, 4.69) is 13.8 Å². The van der Waals surface area contributed by atoms with Gasteiger partial charge in [-0.25, -0.2) is 4.79 Å². The van der Waals surface area contributed by atoms with E-state index in [1.807, 2.05) is 0 Å². The summed E-state index contributed by atoms with van der Waals surface area (Å²) in [5.41, 5.74) is 0. The van der Waals surface area contributed by atoms with Crippen LogP contribution in [0.4, 0.5) is 4.79 Å². The average molecular weight is 344 g/mol. The highest BCUT2D eigenvalue weighted by Crippen LogP contribution is 2.18. The molecule has 0 rings (SSSR count). The second-order valence-corrected chi connectivity index (χ2v) is 6.38. The molecule has 1 atom stereocenters. The molecule has 0 aliphatic rings. The van der Waals surface area contributed by atoms with Crippen molar-refractivity contribution in [2.75, 3.05) is 27.3 Å². The van der Waals surface area contributed by atoms with Gasteiger partial charge in [-0.3, -0.25) is 4.79 Å². The molecule has 0 saturated heterocycles. The first-order valence-corrected chi connectivity index (χ1v) is 9.51. The molecule has 0 aliphatic carbocycles. The summed E-state index contributed by atoms with van der Waals surface area (Å²) in [6.45, 7) is 5.75. The van der Waals surface area contributed by atoms with Crippen molar-refractivity contribution in [2.45, 2.75) is 78.1 Å². The minimum absolute atomic E-state index is 0.00628. The van der Waals surface area contributed by atoms with Crippen LogP contribution < -0.4 is 0 Å². The van der Waals surface area contributed by atoms with Crippen LogP contribution in [-0.2, 0) is 14.3 Å². The Morgan fingerprint density at radius 3 is 1.79 bits per heavy atom. The Morgan fingerprint density at radius 1 is 0.792 bits per heavy atom. The zero-order valence-electron chi connectivity index (χ0n) is 16.1. The van der Waals surface area contributed by atoms with Crippen LogP contribution >= 0.6 is 0 Å². The van der Waals surface area contributed by atoms with Gasteiger partial charge in [-0.15, -0.1) is 0 Å². The highest BCUT2D eigenvalue weighted by molar-refractivity contribution is 5.72. The maximum Gasteiger partial charge on any atom is 0.409 e. The van der Waals surface area contributed by atoms with Crippen LogP contribution in [0.25, 0.3) is 0 Å². The molecule has 0 saturated carbocycles. The summed E-state index contributed by atoms with van der Waals surface area (Å²) in [6.07, 6.45) is 9.94. The number of amides is 1. The standard InChI is InChI=1S/C19H37NO4/c1-5-7-9-13-17(18(21)23-3)14-10-12-16-20(19(22)24-4)15-11-8-6-2/h17H,5-16H2,1-4H3. The average Bonchev–Trinajstić information content (AvgIpc) is 2.60. The fraction of sp³-hybridized carbons (Fsp3) is 0.895. The Balaban J connectivity index is 4.19. The lowest BCUT2D eigenvalue weighted by atomic mass is 9.95. The SMILES string of the molecule is CCCCCC(CCCCN(CCCCC)C(=O)OC)C(=O)OC. The van der Waals surface area contributed by atoms with Crippen molar-refractivity contribution < 1.29 is 19.1 Å². The number of unbranched alkanes of at least 4 members (excludes halogenated alkanes) is 5. The molecule has 0 aromatic rings. The predicted molar refractivity (Wildman–Crippen MR) is 97.0 cm³/mol. The van der Waals surface area contributed by atoms with Crippen molar-refractivity contribution in [3.8, 4) is 0 Å². The summed E-state index contributed by atoms with van der Waals surface area (Å²) in [4.78, 5) is 25.4. The Hall–Kier alpha value is -1.26. The topological polar surface area (TPSA) is 55.8 Å². The highest BCUT2D eigenvalue weighted by atomic mass is 16.5. The molecule has 0 fully saturated rings. The maximum absolute atomic E-state index is 11.9. The van der Waals surface area contributed by atoms with Gasteiger partial charge in [0.15, 0.2) is 0 Å². The van der Waals surface area contributed by atoms with Gasteiger partial charge in [0.2, 0.25) is 0 Å². The van der Waals surface area contributed by atoms with Gasteiger partial charge in [0.25, 0.3) is 0 Å². The Morgan fingerprint density at radius 2 is 1.29 bits per heavy atom. The summed E-state index contributed by atoms with van der Waals surface area (Å²) in [6, 6.07) is 0. The van der Waals surface area contributed by atoms with Crippen LogP contribution in [0.5, 0.6) is 0 Å². The number of rotatable bonds is 14. The molecule has 0 bridgehead atoms. The van der Waals surface area contributed by atoms with E-state index in [1.165, 1.54) is 14.2 Å². The van der Waals surface area contributed by atoms with E-state index in [0.29, 0.717) is 6.54 Å². The van der Waals surface area contributed by atoms with Gasteiger partial charge in [0.1, 0.15) is 0 Å². The van der Waals surface area contributed by atoms with Crippen molar-refractivity contribution in [3.63, 3.8) is 0 Å². The van der Waals surface area contributed by atoms with Gasteiger partial charge in [0, 0.05) is 13.1 Å². The molecule has 0 aromatic carbocycles. The molecule has 1 amide bonds. The largest absolute Gasteiger partial charge is 0.469 e. The lowest BCUT2D eigenvalue weighted by molar-refractivity contribution is -0.146. The molecule has 0 aromatic heterocycles. The molecule has 142 valence electrons. The van der Waals surface area contributed by atoms with Crippen LogP contribution in [0.15, 0.2) is 0 Å². The summed E-state index contributed by atoms with van der Waals surface area (Å²) in [7, 11) is 2.89. The fourth-order valence-electron chi connectivity index (χ4n) is 2.86. The van der Waals surface area contributed by atoms with E-state index in [9.17, 15) is 9.59 Å². The summed E-state index contributed by atoms with van der Waals surface area (Å²) in [5.74, 6) is -0.105. The molecule has 1 unspecified atom stereocenters. The first-order chi connectivity index (χ1) is 11.6. The number of carbonyl (C=O) groups excluding carboxylic acids is 2. The number of hydrogen-bond donors (Lipinski definition) is 0. The predicted octanol–water partition coefficient (Wildman–Crippen LogP) is 4.78. The van der Waals surface area contributed by atoms with Crippen molar-refractivity contribution in [2.24, 2.45) is 5.92 Å². The van der Waals surface area contributed by atoms with E-state index in [4.69, 9.17) is 9.47 Å². The lowest BCUT2D eigenvalue weighted by Crippen LogP contribution is -2.33. The monoisotopic (exact) mass is 343 g/mol. The molecule has 0 heterocycles. The van der Waals surface area contributed by atoms with Crippen LogP contribution in [0, 0.1) is 5.92 Å². The zero-order valence-corrected chi connectivity index (χ0v) is 16.1.